The van der Waals surface area contributed by atoms with E-state index in [2.05, 4.69) is 15.9 Å². The Labute approximate surface area is 82.2 Å². The first-order valence-corrected chi connectivity index (χ1v) is 4.41. The molecule has 13 heavy (non-hydrogen) atoms. The molecule has 0 aliphatic carbocycles. The molecule has 0 saturated carbocycles. The fourth-order valence-corrected chi connectivity index (χ4v) is 1.20. The van der Waals surface area contributed by atoms with Crippen LogP contribution in [-0.4, -0.2) is 0 Å². The average molecular weight is 251 g/mol. The van der Waals surface area contributed by atoms with Gasteiger partial charge in [0.1, 0.15) is 5.82 Å². The maximum Gasteiger partial charge on any atom is 0.266 e. The molecule has 0 unspecified atom stereocenters. The van der Waals surface area contributed by atoms with Gasteiger partial charge in [0, 0.05) is 0 Å². The van der Waals surface area contributed by atoms with Crippen molar-refractivity contribution in [2.75, 3.05) is 0 Å². The van der Waals surface area contributed by atoms with Crippen molar-refractivity contribution in [2.24, 2.45) is 0 Å². The largest absolute Gasteiger partial charge is 0.266 e. The number of hydrogen-bond acceptors (Lipinski definition) is 0. The maximum absolute atomic E-state index is 12.9. The van der Waals surface area contributed by atoms with Crippen LogP contribution in [0.5, 0.6) is 0 Å². The fourth-order valence-electron chi connectivity index (χ4n) is 0.897. The molecule has 1 rings (SSSR count). The van der Waals surface area contributed by atoms with E-state index in [0.717, 1.165) is 12.1 Å². The van der Waals surface area contributed by atoms with Gasteiger partial charge < -0.3 is 0 Å². The summed E-state index contributed by atoms with van der Waals surface area (Å²) >= 11 is 3.01. The summed E-state index contributed by atoms with van der Waals surface area (Å²) in [6.45, 7) is 0. The number of alkyl halides is 2. The molecule has 0 fully saturated rings. The van der Waals surface area contributed by atoms with Gasteiger partial charge in [-0.05, 0) is 28.8 Å². The summed E-state index contributed by atoms with van der Waals surface area (Å²) in [5.41, 5.74) is -0.0227. The quantitative estimate of drug-likeness (QED) is 0.741. The Hall–Kier alpha value is -0.770. The lowest BCUT2D eigenvalue weighted by Gasteiger charge is -2.01. The van der Waals surface area contributed by atoms with E-state index in [4.69, 9.17) is 0 Å². The van der Waals surface area contributed by atoms with Gasteiger partial charge in [-0.25, -0.2) is 13.2 Å². The van der Waals surface area contributed by atoms with E-state index in [1.165, 1.54) is 11.1 Å². The maximum atomic E-state index is 12.9. The van der Waals surface area contributed by atoms with Crippen LogP contribution in [0.1, 0.15) is 17.6 Å². The molecule has 70 valence electrons. The van der Waals surface area contributed by atoms with Crippen LogP contribution in [0.4, 0.5) is 13.2 Å². The summed E-state index contributed by atoms with van der Waals surface area (Å²) in [5, 5.41) is 0. The minimum Gasteiger partial charge on any atom is -0.206 e. The second kappa shape index (κ2) is 4.46. The first kappa shape index (κ1) is 10.3. The summed E-state index contributed by atoms with van der Waals surface area (Å²) < 4.78 is 37.1. The van der Waals surface area contributed by atoms with Crippen LogP contribution in [0.3, 0.4) is 0 Å². The lowest BCUT2D eigenvalue weighted by atomic mass is 10.1. The molecule has 0 N–H and O–H groups in total. The predicted molar refractivity (Wildman–Crippen MR) is 49.3 cm³/mol. The number of hydrogen-bond donors (Lipinski definition) is 0. The minimum atomic E-state index is -2.76. The van der Waals surface area contributed by atoms with Gasteiger partial charge in [-0.1, -0.05) is 22.0 Å². The highest BCUT2D eigenvalue weighted by atomic mass is 79.9. The second-order valence-corrected chi connectivity index (χ2v) is 2.90. The van der Waals surface area contributed by atoms with Crippen LogP contribution in [-0.2, 0) is 0 Å². The SMILES string of the molecule is Fc1cc(/C=C/Br)ccc1C(F)F. The molecular weight excluding hydrogens is 245 g/mol. The molecule has 0 aliphatic heterocycles. The molecule has 0 atom stereocenters. The molecule has 0 bridgehead atoms. The van der Waals surface area contributed by atoms with Crippen molar-refractivity contribution < 1.29 is 13.2 Å². The smallest absolute Gasteiger partial charge is 0.206 e. The first-order valence-electron chi connectivity index (χ1n) is 3.49. The highest BCUT2D eigenvalue weighted by molar-refractivity contribution is 9.11. The molecule has 0 saturated heterocycles. The molecule has 0 nitrogen and oxygen atoms in total. The van der Waals surface area contributed by atoms with Crippen molar-refractivity contribution in [3.05, 3.63) is 40.1 Å². The highest BCUT2D eigenvalue weighted by Gasteiger charge is 2.12. The zero-order valence-corrected chi connectivity index (χ0v) is 8.06. The Balaban J connectivity index is 3.05. The van der Waals surface area contributed by atoms with Crippen LogP contribution >= 0.6 is 15.9 Å². The normalized spacial score (nSPS) is 11.5. The van der Waals surface area contributed by atoms with E-state index in [1.807, 2.05) is 0 Å². The number of rotatable bonds is 2. The summed E-state index contributed by atoms with van der Waals surface area (Å²) in [7, 11) is 0. The molecule has 0 radical (unpaired) electrons. The predicted octanol–water partition coefficient (Wildman–Crippen LogP) is 4.13. The third kappa shape index (κ3) is 2.59. The molecule has 0 heterocycles. The Morgan fingerprint density at radius 1 is 1.31 bits per heavy atom. The van der Waals surface area contributed by atoms with E-state index in [0.29, 0.717) is 5.56 Å². The van der Waals surface area contributed by atoms with Crippen LogP contribution in [0.25, 0.3) is 6.08 Å². The summed E-state index contributed by atoms with van der Waals surface area (Å²) in [6.07, 6.45) is -1.19. The lowest BCUT2D eigenvalue weighted by molar-refractivity contribution is 0.146. The molecule has 0 spiro atoms. The Kier molecular flexibility index (Phi) is 3.54. The van der Waals surface area contributed by atoms with Crippen LogP contribution in [0.15, 0.2) is 23.2 Å². The second-order valence-electron chi connectivity index (χ2n) is 2.37. The molecule has 0 aromatic heterocycles. The Morgan fingerprint density at radius 2 is 2.00 bits per heavy atom. The van der Waals surface area contributed by atoms with Gasteiger partial charge in [-0.2, -0.15) is 0 Å². The van der Waals surface area contributed by atoms with Crippen molar-refractivity contribution >= 4 is 22.0 Å². The average Bonchev–Trinajstić information content (AvgIpc) is 2.04. The molecule has 0 amide bonds. The van der Waals surface area contributed by atoms with Crippen molar-refractivity contribution in [1.29, 1.82) is 0 Å². The third-order valence-electron chi connectivity index (χ3n) is 1.52. The standard InChI is InChI=1S/C9H6BrF3/c10-4-3-6-1-2-7(9(12)13)8(11)5-6/h1-5,9H/b4-3+. The van der Waals surface area contributed by atoms with Crippen molar-refractivity contribution in [2.45, 2.75) is 6.43 Å². The van der Waals surface area contributed by atoms with Gasteiger partial charge in [0.25, 0.3) is 6.43 Å². The van der Waals surface area contributed by atoms with Gasteiger partial charge in [-0.15, -0.1) is 0 Å². The van der Waals surface area contributed by atoms with Gasteiger partial charge in [-0.3, -0.25) is 0 Å². The van der Waals surface area contributed by atoms with E-state index in [1.54, 1.807) is 6.08 Å². The Morgan fingerprint density at radius 3 is 2.46 bits per heavy atom. The number of benzene rings is 1. The van der Waals surface area contributed by atoms with Gasteiger partial charge in [0.2, 0.25) is 0 Å². The van der Waals surface area contributed by atoms with E-state index in [-0.39, 0.29) is 0 Å². The first-order chi connectivity index (χ1) is 6.15. The number of halogens is 4. The van der Waals surface area contributed by atoms with E-state index < -0.39 is 17.8 Å². The zero-order chi connectivity index (χ0) is 9.84. The zero-order valence-electron chi connectivity index (χ0n) is 6.48. The van der Waals surface area contributed by atoms with Crippen LogP contribution in [0.2, 0.25) is 0 Å². The molecule has 0 aliphatic rings. The molecule has 4 heteroatoms. The minimum absolute atomic E-state index is 0.541. The van der Waals surface area contributed by atoms with Crippen molar-refractivity contribution in [3.8, 4) is 0 Å². The fraction of sp³-hybridized carbons (Fsp3) is 0.111. The molecule has 1 aromatic carbocycles. The molecular formula is C9H6BrF3. The van der Waals surface area contributed by atoms with Gasteiger partial charge in [0.05, 0.1) is 5.56 Å². The van der Waals surface area contributed by atoms with Crippen LogP contribution < -0.4 is 0 Å². The van der Waals surface area contributed by atoms with Crippen molar-refractivity contribution in [3.63, 3.8) is 0 Å². The van der Waals surface area contributed by atoms with Gasteiger partial charge >= 0.3 is 0 Å². The topological polar surface area (TPSA) is 0 Å². The van der Waals surface area contributed by atoms with Crippen LogP contribution in [0, 0.1) is 5.82 Å². The lowest BCUT2D eigenvalue weighted by Crippen LogP contribution is -1.90. The monoisotopic (exact) mass is 250 g/mol. The van der Waals surface area contributed by atoms with E-state index >= 15 is 0 Å². The van der Waals surface area contributed by atoms with Gasteiger partial charge in [0.15, 0.2) is 0 Å². The highest BCUT2D eigenvalue weighted by Crippen LogP contribution is 2.23. The molecule has 1 aromatic rings. The van der Waals surface area contributed by atoms with Crippen molar-refractivity contribution in [1.82, 2.24) is 0 Å². The van der Waals surface area contributed by atoms with E-state index in [9.17, 15) is 13.2 Å². The summed E-state index contributed by atoms with van der Waals surface area (Å²) in [4.78, 5) is 1.53. The summed E-state index contributed by atoms with van der Waals surface area (Å²) in [5.74, 6) is -0.877. The summed E-state index contributed by atoms with van der Waals surface area (Å²) in [6, 6.07) is 3.59. The Bertz CT molecular complexity index is 321. The third-order valence-corrected chi connectivity index (χ3v) is 1.78.